The van der Waals surface area contributed by atoms with Crippen LogP contribution < -0.4 is 0 Å². The van der Waals surface area contributed by atoms with Crippen LogP contribution in [-0.4, -0.2) is 22.4 Å². The first-order chi connectivity index (χ1) is 4.83. The van der Waals surface area contributed by atoms with Gasteiger partial charge in [0.1, 0.15) is 0 Å². The second kappa shape index (κ2) is 16.9. The molecule has 0 fully saturated rings. The SMILES string of the molecule is BrCCCBr.ClCCCCl. The summed E-state index contributed by atoms with van der Waals surface area (Å²) in [7, 11) is 0. The van der Waals surface area contributed by atoms with Crippen molar-refractivity contribution in [2.24, 2.45) is 0 Å². The highest BCUT2D eigenvalue weighted by atomic mass is 79.9. The molecule has 4 heteroatoms. The smallest absolute Gasteiger partial charge is 0.0234 e. The largest absolute Gasteiger partial charge is 0.127 e. The molecule has 0 aromatic rings. The van der Waals surface area contributed by atoms with E-state index in [1.807, 2.05) is 0 Å². The average Bonchev–Trinajstić information content (AvgIpc) is 1.93. The summed E-state index contributed by atoms with van der Waals surface area (Å²) in [6.45, 7) is 0. The zero-order chi connectivity index (χ0) is 8.24. The Balaban J connectivity index is 0. The molecule has 0 rings (SSSR count). The van der Waals surface area contributed by atoms with Gasteiger partial charge < -0.3 is 0 Å². The van der Waals surface area contributed by atoms with Gasteiger partial charge >= 0.3 is 0 Å². The van der Waals surface area contributed by atoms with Crippen molar-refractivity contribution in [3.63, 3.8) is 0 Å². The fourth-order valence-corrected chi connectivity index (χ4v) is 1.82. The Labute approximate surface area is 89.9 Å². The summed E-state index contributed by atoms with van der Waals surface area (Å²) < 4.78 is 0. The van der Waals surface area contributed by atoms with Gasteiger partial charge in [-0.2, -0.15) is 0 Å². The number of halogens is 4. The molecule has 0 atom stereocenters. The third-order valence-corrected chi connectivity index (χ3v) is 2.19. The minimum absolute atomic E-state index is 0.684. The lowest BCUT2D eigenvalue weighted by Gasteiger charge is -1.76. The van der Waals surface area contributed by atoms with E-state index in [9.17, 15) is 0 Å². The molecule has 0 aliphatic carbocycles. The van der Waals surface area contributed by atoms with Crippen LogP contribution in [-0.2, 0) is 0 Å². The van der Waals surface area contributed by atoms with E-state index < -0.39 is 0 Å². The van der Waals surface area contributed by atoms with Crippen molar-refractivity contribution in [1.82, 2.24) is 0 Å². The number of hydrogen-bond acceptors (Lipinski definition) is 0. The molecule has 0 aromatic heterocycles. The summed E-state index contributed by atoms with van der Waals surface area (Å²) in [5, 5.41) is 2.22. The summed E-state index contributed by atoms with van der Waals surface area (Å²) in [5.41, 5.74) is 0. The molecule has 0 aromatic carbocycles. The maximum absolute atomic E-state index is 5.22. The molecule has 0 amide bonds. The van der Waals surface area contributed by atoms with Gasteiger partial charge in [-0.1, -0.05) is 31.9 Å². The zero-order valence-corrected chi connectivity index (χ0v) is 10.4. The maximum atomic E-state index is 5.22. The van der Waals surface area contributed by atoms with Gasteiger partial charge in [0.25, 0.3) is 0 Å². The minimum Gasteiger partial charge on any atom is -0.127 e. The first-order valence-corrected chi connectivity index (χ1v) is 6.38. The van der Waals surface area contributed by atoms with Crippen LogP contribution in [0.25, 0.3) is 0 Å². The second-order valence-electron chi connectivity index (χ2n) is 1.46. The quantitative estimate of drug-likeness (QED) is 0.688. The van der Waals surface area contributed by atoms with Crippen LogP contribution in [0.5, 0.6) is 0 Å². The van der Waals surface area contributed by atoms with Crippen molar-refractivity contribution < 1.29 is 0 Å². The van der Waals surface area contributed by atoms with Gasteiger partial charge in [-0.25, -0.2) is 0 Å². The molecular formula is C6H12Br2Cl2. The highest BCUT2D eigenvalue weighted by Gasteiger charge is 1.72. The van der Waals surface area contributed by atoms with Crippen LogP contribution in [0.4, 0.5) is 0 Å². The molecule has 0 aliphatic rings. The lowest BCUT2D eigenvalue weighted by Crippen LogP contribution is -1.70. The fourth-order valence-electron chi connectivity index (χ4n) is 0.101. The third kappa shape index (κ3) is 22.7. The van der Waals surface area contributed by atoms with Gasteiger partial charge in [0, 0.05) is 22.4 Å². The molecule has 0 heterocycles. The van der Waals surface area contributed by atoms with Crippen molar-refractivity contribution in [2.45, 2.75) is 12.8 Å². The molecule has 0 N–H and O–H groups in total. The molecule has 0 radical (unpaired) electrons. The minimum atomic E-state index is 0.684. The van der Waals surface area contributed by atoms with Crippen LogP contribution in [0.1, 0.15) is 12.8 Å². The van der Waals surface area contributed by atoms with Crippen molar-refractivity contribution >= 4 is 55.1 Å². The Kier molecular flexibility index (Phi) is 23.8. The first-order valence-electron chi connectivity index (χ1n) is 3.07. The van der Waals surface area contributed by atoms with Crippen LogP contribution in [0, 0.1) is 0 Å². The molecule has 0 nitrogen and oxygen atoms in total. The van der Waals surface area contributed by atoms with Crippen LogP contribution >= 0.6 is 55.1 Å². The molecule has 64 valence electrons. The van der Waals surface area contributed by atoms with Gasteiger partial charge in [-0.05, 0) is 12.8 Å². The van der Waals surface area contributed by atoms with E-state index in [0.29, 0.717) is 11.8 Å². The Morgan fingerprint density at radius 1 is 0.800 bits per heavy atom. The zero-order valence-electron chi connectivity index (χ0n) is 5.75. The molecule has 0 bridgehead atoms. The average molecular weight is 315 g/mol. The van der Waals surface area contributed by atoms with Crippen LogP contribution in [0.15, 0.2) is 0 Å². The second-order valence-corrected chi connectivity index (χ2v) is 3.80. The predicted octanol–water partition coefficient (Wildman–Crippen LogP) is 4.02. The molecule has 10 heavy (non-hydrogen) atoms. The van der Waals surface area contributed by atoms with E-state index in [1.165, 1.54) is 6.42 Å². The van der Waals surface area contributed by atoms with Crippen LogP contribution in [0.3, 0.4) is 0 Å². The molecule has 0 saturated heterocycles. The van der Waals surface area contributed by atoms with Gasteiger partial charge in [-0.3, -0.25) is 0 Å². The van der Waals surface area contributed by atoms with E-state index in [4.69, 9.17) is 23.2 Å². The summed E-state index contributed by atoms with van der Waals surface area (Å²) in [6, 6.07) is 0. The van der Waals surface area contributed by atoms with Gasteiger partial charge in [0.15, 0.2) is 0 Å². The van der Waals surface area contributed by atoms with E-state index >= 15 is 0 Å². The van der Waals surface area contributed by atoms with Crippen molar-refractivity contribution in [1.29, 1.82) is 0 Å². The third-order valence-electron chi connectivity index (χ3n) is 0.535. The summed E-state index contributed by atoms with van der Waals surface area (Å²) in [4.78, 5) is 0. The molecule has 0 spiro atoms. The summed E-state index contributed by atoms with van der Waals surface area (Å²) in [5.74, 6) is 1.37. The highest BCUT2D eigenvalue weighted by Crippen LogP contribution is 1.90. The molecule has 0 saturated carbocycles. The topological polar surface area (TPSA) is 0 Å². The lowest BCUT2D eigenvalue weighted by molar-refractivity contribution is 1.11. The van der Waals surface area contributed by atoms with Gasteiger partial charge in [0.05, 0.1) is 0 Å². The molecular weight excluding hydrogens is 303 g/mol. The molecule has 0 aliphatic heterocycles. The maximum Gasteiger partial charge on any atom is 0.0234 e. The summed E-state index contributed by atoms with van der Waals surface area (Å²) >= 11 is 17.0. The molecule has 0 unspecified atom stereocenters. The van der Waals surface area contributed by atoms with Crippen molar-refractivity contribution in [2.75, 3.05) is 22.4 Å². The lowest BCUT2D eigenvalue weighted by atomic mass is 10.6. The number of alkyl halides is 4. The normalized spacial score (nSPS) is 8.40. The van der Waals surface area contributed by atoms with E-state index in [1.54, 1.807) is 0 Å². The van der Waals surface area contributed by atoms with E-state index in [2.05, 4.69) is 31.9 Å². The Bertz CT molecular complexity index is 34.7. The number of rotatable bonds is 4. The van der Waals surface area contributed by atoms with E-state index in [-0.39, 0.29) is 0 Å². The van der Waals surface area contributed by atoms with E-state index in [0.717, 1.165) is 17.1 Å². The van der Waals surface area contributed by atoms with Crippen molar-refractivity contribution in [3.05, 3.63) is 0 Å². The van der Waals surface area contributed by atoms with Gasteiger partial charge in [0.2, 0.25) is 0 Å². The Morgan fingerprint density at radius 3 is 1.20 bits per heavy atom. The summed E-state index contributed by atoms with van der Waals surface area (Å²) in [6.07, 6.45) is 2.14. The van der Waals surface area contributed by atoms with Crippen molar-refractivity contribution in [3.8, 4) is 0 Å². The highest BCUT2D eigenvalue weighted by molar-refractivity contribution is 9.09. The predicted molar refractivity (Wildman–Crippen MR) is 58.3 cm³/mol. The first kappa shape index (κ1) is 14.1. The fraction of sp³-hybridized carbons (Fsp3) is 1.00. The van der Waals surface area contributed by atoms with Crippen LogP contribution in [0.2, 0.25) is 0 Å². The Morgan fingerprint density at radius 2 is 1.20 bits per heavy atom. The Hall–Kier alpha value is 1.54. The number of hydrogen-bond donors (Lipinski definition) is 0. The monoisotopic (exact) mass is 312 g/mol. The standard InChI is InChI=1S/C3H6Br2.C3H6Cl2/c2*4-2-1-3-5/h2*1-3H2. The van der Waals surface area contributed by atoms with Gasteiger partial charge in [-0.15, -0.1) is 23.2 Å².